The van der Waals surface area contributed by atoms with Crippen LogP contribution in [0.5, 0.6) is 5.75 Å². The molecule has 234 valence electrons. The Hall–Kier alpha value is -3.64. The van der Waals surface area contributed by atoms with Gasteiger partial charge in [0.1, 0.15) is 24.0 Å². The Morgan fingerprint density at radius 3 is 2.61 bits per heavy atom. The number of fused-ring (bicyclic) bond motifs is 2. The quantitative estimate of drug-likeness (QED) is 0.297. The number of carbonyl (C=O) groups is 3. The van der Waals surface area contributed by atoms with Crippen molar-refractivity contribution in [2.45, 2.75) is 69.3 Å². The van der Waals surface area contributed by atoms with Gasteiger partial charge in [0.05, 0.1) is 41.4 Å². The van der Waals surface area contributed by atoms with Crippen molar-refractivity contribution in [1.82, 2.24) is 25.2 Å². The van der Waals surface area contributed by atoms with E-state index in [1.807, 2.05) is 45.0 Å². The number of hydrogen-bond acceptors (Lipinski definition) is 8. The van der Waals surface area contributed by atoms with Gasteiger partial charge in [-0.15, -0.1) is 16.9 Å². The predicted octanol–water partition coefficient (Wildman–Crippen LogP) is 3.29. The van der Waals surface area contributed by atoms with E-state index in [-0.39, 0.29) is 48.1 Å². The number of likely N-dealkylation sites (tertiary alicyclic amines) is 1. The minimum absolute atomic E-state index is 0.00482. The fraction of sp³-hybridized carbons (Fsp3) is 0.531. The van der Waals surface area contributed by atoms with Crippen LogP contribution in [0.25, 0.3) is 11.0 Å². The van der Waals surface area contributed by atoms with Crippen LogP contribution in [0.3, 0.4) is 0 Å². The number of amides is 3. The lowest BCUT2D eigenvalue weighted by molar-refractivity contribution is -0.143. The van der Waals surface area contributed by atoms with E-state index >= 15 is 0 Å². The molecule has 3 aliphatic heterocycles. The summed E-state index contributed by atoms with van der Waals surface area (Å²) < 4.78 is 6.34. The third-order valence-electron chi connectivity index (χ3n) is 9.84. The molecule has 2 aromatic carbocycles. The molecule has 3 aliphatic rings. The normalized spacial score (nSPS) is 28.6. The van der Waals surface area contributed by atoms with E-state index in [0.29, 0.717) is 24.5 Å². The van der Waals surface area contributed by atoms with E-state index in [0.717, 1.165) is 17.5 Å². The molecule has 3 saturated heterocycles. The summed E-state index contributed by atoms with van der Waals surface area (Å²) in [5.41, 5.74) is 2.12. The lowest BCUT2D eigenvalue weighted by Crippen LogP contribution is -2.59. The molecule has 8 atom stereocenters. The van der Waals surface area contributed by atoms with Crippen molar-refractivity contribution >= 4 is 46.2 Å². The molecule has 3 fully saturated rings. The van der Waals surface area contributed by atoms with E-state index in [1.54, 1.807) is 45.6 Å². The lowest BCUT2D eigenvalue weighted by Gasteiger charge is -2.41. The standard InChI is InChI=1S/C32H40N6O5S/c1-5-18(3)24(16-39)38-28(30(41)33-17-37-23-10-8-7-9-22(23)35-36-37)32-19(4)15-25(44-32)26(27(32)31(38)42)29(40)34-20-11-13-21(14-12-20)43-6-2/h7-14,18-19,24-28,39H,5-6,15-17H2,1-4H3,(H,33,41)(H,34,40)/t18-,19?,24-,25-,26+,27-,28?,32?/m0/s1. The van der Waals surface area contributed by atoms with Gasteiger partial charge >= 0.3 is 0 Å². The zero-order valence-corrected chi connectivity index (χ0v) is 26.3. The summed E-state index contributed by atoms with van der Waals surface area (Å²) in [5, 5.41) is 24.9. The molecular formula is C32H40N6O5S. The number of rotatable bonds is 11. The summed E-state index contributed by atoms with van der Waals surface area (Å²) in [6.45, 7) is 8.34. The molecule has 3 amide bonds. The monoisotopic (exact) mass is 620 g/mol. The summed E-state index contributed by atoms with van der Waals surface area (Å²) in [4.78, 5) is 44.4. The number of nitrogens with zero attached hydrogens (tertiary/aromatic N) is 4. The number of aliphatic hydroxyl groups is 1. The maximum Gasteiger partial charge on any atom is 0.245 e. The number of aliphatic hydroxyl groups excluding tert-OH is 1. The maximum absolute atomic E-state index is 14.5. The van der Waals surface area contributed by atoms with Crippen LogP contribution in [0.1, 0.15) is 40.5 Å². The van der Waals surface area contributed by atoms with Crippen molar-refractivity contribution in [3.05, 3.63) is 48.5 Å². The molecule has 6 rings (SSSR count). The van der Waals surface area contributed by atoms with Crippen LogP contribution in [0.15, 0.2) is 48.5 Å². The molecule has 44 heavy (non-hydrogen) atoms. The van der Waals surface area contributed by atoms with Crippen molar-refractivity contribution in [2.24, 2.45) is 23.7 Å². The zero-order chi connectivity index (χ0) is 31.2. The number of para-hydroxylation sites is 1. The molecule has 4 heterocycles. The summed E-state index contributed by atoms with van der Waals surface area (Å²) in [5.74, 6) is -1.40. The van der Waals surface area contributed by atoms with Crippen LogP contribution >= 0.6 is 11.8 Å². The second kappa shape index (κ2) is 12.0. The Labute approximate surface area is 261 Å². The summed E-state index contributed by atoms with van der Waals surface area (Å²) >= 11 is 1.61. The van der Waals surface area contributed by atoms with Crippen LogP contribution in [0.4, 0.5) is 5.69 Å². The molecular weight excluding hydrogens is 580 g/mol. The summed E-state index contributed by atoms with van der Waals surface area (Å²) in [7, 11) is 0. The number of aromatic nitrogens is 3. The fourth-order valence-electron chi connectivity index (χ4n) is 7.54. The van der Waals surface area contributed by atoms with Crippen molar-refractivity contribution in [1.29, 1.82) is 0 Å². The molecule has 3 N–H and O–H groups in total. The molecule has 0 radical (unpaired) electrons. The Kier molecular flexibility index (Phi) is 8.31. The molecule has 3 unspecified atom stereocenters. The topological polar surface area (TPSA) is 139 Å². The SMILES string of the molecule is CCOc1ccc(NC(=O)[C@@H]2[C@@H]3CC(C)C4(S3)C(C(=O)NCn3nnc5ccccc53)N([C@@H](CO)[C@@H](C)CC)C(=O)[C@H]24)cc1. The van der Waals surface area contributed by atoms with Gasteiger partial charge in [-0.2, -0.15) is 0 Å². The van der Waals surface area contributed by atoms with Crippen molar-refractivity contribution in [3.8, 4) is 5.75 Å². The van der Waals surface area contributed by atoms with Gasteiger partial charge < -0.3 is 25.4 Å². The van der Waals surface area contributed by atoms with Crippen LogP contribution in [0, 0.1) is 23.7 Å². The number of carbonyl (C=O) groups excluding carboxylic acids is 3. The number of benzene rings is 2. The molecule has 1 spiro atoms. The van der Waals surface area contributed by atoms with Crippen molar-refractivity contribution in [3.63, 3.8) is 0 Å². The van der Waals surface area contributed by atoms with E-state index < -0.39 is 28.7 Å². The average molecular weight is 621 g/mol. The number of anilines is 1. The molecule has 3 aromatic rings. The second-order valence-corrected chi connectivity index (χ2v) is 13.7. The lowest BCUT2D eigenvalue weighted by atomic mass is 9.66. The molecule has 1 aromatic heterocycles. The first-order chi connectivity index (χ1) is 21.2. The first-order valence-electron chi connectivity index (χ1n) is 15.5. The number of nitrogens with one attached hydrogen (secondary N) is 2. The van der Waals surface area contributed by atoms with Crippen LogP contribution in [-0.4, -0.2) is 78.0 Å². The number of ether oxygens (including phenoxy) is 1. The average Bonchev–Trinajstić information content (AvgIpc) is 3.75. The smallest absolute Gasteiger partial charge is 0.245 e. The number of thioether (sulfide) groups is 1. The Morgan fingerprint density at radius 2 is 1.91 bits per heavy atom. The highest BCUT2D eigenvalue weighted by molar-refractivity contribution is 8.02. The molecule has 12 heteroatoms. The Morgan fingerprint density at radius 1 is 1.16 bits per heavy atom. The molecule has 2 bridgehead atoms. The highest BCUT2D eigenvalue weighted by atomic mass is 32.2. The van der Waals surface area contributed by atoms with E-state index in [9.17, 15) is 19.5 Å². The molecule has 11 nitrogen and oxygen atoms in total. The fourth-order valence-corrected chi connectivity index (χ4v) is 9.95. The van der Waals surface area contributed by atoms with Crippen molar-refractivity contribution < 1.29 is 24.2 Å². The van der Waals surface area contributed by atoms with Gasteiger partial charge in [-0.25, -0.2) is 4.68 Å². The minimum atomic E-state index is -0.853. The van der Waals surface area contributed by atoms with Gasteiger partial charge in [-0.1, -0.05) is 44.5 Å². The van der Waals surface area contributed by atoms with Gasteiger partial charge in [-0.05, 0) is 61.6 Å². The highest BCUT2D eigenvalue weighted by Crippen LogP contribution is 2.69. The first-order valence-corrected chi connectivity index (χ1v) is 16.3. The van der Waals surface area contributed by atoms with E-state index in [2.05, 4.69) is 27.9 Å². The van der Waals surface area contributed by atoms with E-state index in [1.165, 1.54) is 0 Å². The third-order valence-corrected chi connectivity index (χ3v) is 11.9. The highest BCUT2D eigenvalue weighted by Gasteiger charge is 2.76. The van der Waals surface area contributed by atoms with Gasteiger partial charge in [0.2, 0.25) is 17.7 Å². The van der Waals surface area contributed by atoms with Gasteiger partial charge in [0, 0.05) is 10.9 Å². The first kappa shape index (κ1) is 30.4. The second-order valence-electron chi connectivity index (χ2n) is 12.2. The third kappa shape index (κ3) is 4.82. The van der Waals surface area contributed by atoms with Crippen LogP contribution in [0.2, 0.25) is 0 Å². The van der Waals surface area contributed by atoms with Crippen LogP contribution in [-0.2, 0) is 21.1 Å². The van der Waals surface area contributed by atoms with Crippen LogP contribution < -0.4 is 15.4 Å². The predicted molar refractivity (Wildman–Crippen MR) is 168 cm³/mol. The van der Waals surface area contributed by atoms with Crippen molar-refractivity contribution in [2.75, 3.05) is 18.5 Å². The minimum Gasteiger partial charge on any atom is -0.494 e. The molecule has 0 aliphatic carbocycles. The summed E-state index contributed by atoms with van der Waals surface area (Å²) in [6, 6.07) is 13.3. The Balaban J connectivity index is 1.32. The largest absolute Gasteiger partial charge is 0.494 e. The number of hydrogen-bond donors (Lipinski definition) is 3. The maximum atomic E-state index is 14.5. The van der Waals surface area contributed by atoms with Gasteiger partial charge in [0.25, 0.3) is 0 Å². The zero-order valence-electron chi connectivity index (χ0n) is 25.5. The van der Waals surface area contributed by atoms with Gasteiger partial charge in [0.15, 0.2) is 0 Å². The summed E-state index contributed by atoms with van der Waals surface area (Å²) in [6.07, 6.45) is 1.44. The molecule has 0 saturated carbocycles. The van der Waals surface area contributed by atoms with E-state index in [4.69, 9.17) is 4.74 Å². The Bertz CT molecular complexity index is 1550. The van der Waals surface area contributed by atoms with Gasteiger partial charge in [-0.3, -0.25) is 14.4 Å².